The molecule has 1 amide bonds. The highest BCUT2D eigenvalue weighted by atomic mass is 19.4. The van der Waals surface area contributed by atoms with Gasteiger partial charge in [0, 0.05) is 37.8 Å². The van der Waals surface area contributed by atoms with Crippen LogP contribution in [0.3, 0.4) is 0 Å². The van der Waals surface area contributed by atoms with Crippen molar-refractivity contribution < 1.29 is 27.4 Å². The molecule has 0 spiro atoms. The highest BCUT2D eigenvalue weighted by molar-refractivity contribution is 6.00. The second kappa shape index (κ2) is 12.4. The second-order valence-corrected chi connectivity index (χ2v) is 8.06. The van der Waals surface area contributed by atoms with E-state index in [4.69, 9.17) is 9.47 Å². The van der Waals surface area contributed by atoms with Gasteiger partial charge in [0.2, 0.25) is 5.88 Å². The molecule has 1 aromatic carbocycles. The van der Waals surface area contributed by atoms with Crippen LogP contribution in [-0.2, 0) is 10.9 Å². The third-order valence-electron chi connectivity index (χ3n) is 5.28. The number of carbonyl (C=O) groups is 1. The summed E-state index contributed by atoms with van der Waals surface area (Å²) >= 11 is 0. The van der Waals surface area contributed by atoms with Gasteiger partial charge in [-0.2, -0.15) is 13.2 Å². The van der Waals surface area contributed by atoms with Gasteiger partial charge in [0.05, 0.1) is 17.2 Å². The molecule has 0 N–H and O–H groups in total. The minimum absolute atomic E-state index is 0.0493. The topological polar surface area (TPSA) is 64.0 Å². The summed E-state index contributed by atoms with van der Waals surface area (Å²) in [4.78, 5) is 23.2. The van der Waals surface area contributed by atoms with Crippen molar-refractivity contribution in [2.45, 2.75) is 53.3 Å². The summed E-state index contributed by atoms with van der Waals surface area (Å²) in [5.41, 5.74) is 1.00. The Kier molecular flexibility index (Phi) is 9.86. The van der Waals surface area contributed by atoms with Crippen molar-refractivity contribution in [1.29, 1.82) is 0 Å². The van der Waals surface area contributed by atoms with E-state index in [2.05, 4.69) is 16.6 Å². The number of amides is 1. The number of aryl methyl sites for hydroxylation is 1. The molecule has 0 fully saturated rings. The lowest BCUT2D eigenvalue weighted by molar-refractivity contribution is -0.137. The predicted molar refractivity (Wildman–Crippen MR) is 130 cm³/mol. The zero-order valence-corrected chi connectivity index (χ0v) is 20.8. The summed E-state index contributed by atoms with van der Waals surface area (Å²) in [6, 6.07) is 7.07. The molecule has 2 rings (SSSR count). The number of rotatable bonds is 10. The zero-order valence-electron chi connectivity index (χ0n) is 20.8. The quantitative estimate of drug-likeness (QED) is 0.227. The summed E-state index contributed by atoms with van der Waals surface area (Å²) in [5, 5.41) is 0. The molecule has 0 radical (unpaired) electrons. The first-order valence-electron chi connectivity index (χ1n) is 11.4. The highest BCUT2D eigenvalue weighted by Gasteiger charge is 2.31. The maximum atomic E-state index is 13.5. The molecule has 0 saturated carbocycles. The molecule has 0 aliphatic carbocycles. The van der Waals surface area contributed by atoms with Crippen LogP contribution >= 0.6 is 0 Å². The van der Waals surface area contributed by atoms with E-state index in [9.17, 15) is 18.0 Å². The van der Waals surface area contributed by atoms with Gasteiger partial charge >= 0.3 is 6.18 Å². The molecular formula is C26H32F3N3O3. The summed E-state index contributed by atoms with van der Waals surface area (Å²) in [6.45, 7) is 14.4. The lowest BCUT2D eigenvalue weighted by Crippen LogP contribution is -2.42. The molecule has 9 heteroatoms. The molecule has 6 nitrogen and oxygen atoms in total. The first-order chi connectivity index (χ1) is 16.5. The van der Waals surface area contributed by atoms with Crippen molar-refractivity contribution in [3.8, 4) is 5.88 Å². The Balaban J connectivity index is 2.18. The third kappa shape index (κ3) is 7.56. The SMILES string of the molecule is C=C(O/C(C)=N\CCC)c1c(C)cccc1C(=O)N(CC)C(C)COc1ccc(C(F)(F)F)cn1. The number of alkyl halides is 3. The average molecular weight is 492 g/mol. The van der Waals surface area contributed by atoms with Crippen LogP contribution in [0, 0.1) is 6.92 Å². The Bertz CT molecular complexity index is 1050. The van der Waals surface area contributed by atoms with Crippen LogP contribution in [0.5, 0.6) is 5.88 Å². The molecule has 0 aliphatic heterocycles. The number of carbonyl (C=O) groups excluding carboxylic acids is 1. The Morgan fingerprint density at radius 3 is 2.51 bits per heavy atom. The molecule has 0 bridgehead atoms. The lowest BCUT2D eigenvalue weighted by Gasteiger charge is -2.29. The molecule has 1 atom stereocenters. The Morgan fingerprint density at radius 2 is 1.94 bits per heavy atom. The third-order valence-corrected chi connectivity index (χ3v) is 5.28. The minimum Gasteiger partial charge on any atom is -0.475 e. The number of ether oxygens (including phenoxy) is 2. The fraction of sp³-hybridized carbons (Fsp3) is 0.423. The number of aliphatic imine (C=N–C) groups is 1. The first kappa shape index (κ1) is 27.9. The van der Waals surface area contributed by atoms with Crippen molar-refractivity contribution in [1.82, 2.24) is 9.88 Å². The molecule has 190 valence electrons. The fourth-order valence-electron chi connectivity index (χ4n) is 3.49. The second-order valence-electron chi connectivity index (χ2n) is 8.06. The first-order valence-corrected chi connectivity index (χ1v) is 11.4. The van der Waals surface area contributed by atoms with E-state index in [0.29, 0.717) is 35.9 Å². The number of hydrogen-bond acceptors (Lipinski definition) is 5. The van der Waals surface area contributed by atoms with E-state index in [1.807, 2.05) is 26.8 Å². The van der Waals surface area contributed by atoms with Crippen molar-refractivity contribution >= 4 is 17.6 Å². The van der Waals surface area contributed by atoms with Crippen LogP contribution in [0.1, 0.15) is 61.2 Å². The van der Waals surface area contributed by atoms with Crippen LogP contribution in [0.4, 0.5) is 13.2 Å². The molecule has 2 aromatic rings. The average Bonchev–Trinajstić information content (AvgIpc) is 2.81. The number of nitrogens with zero attached hydrogens (tertiary/aromatic N) is 3. The number of hydrogen-bond donors (Lipinski definition) is 0. The molecule has 35 heavy (non-hydrogen) atoms. The van der Waals surface area contributed by atoms with Gasteiger partial charge in [0.15, 0.2) is 5.90 Å². The van der Waals surface area contributed by atoms with Gasteiger partial charge in [-0.15, -0.1) is 0 Å². The van der Waals surface area contributed by atoms with Crippen molar-refractivity contribution in [3.63, 3.8) is 0 Å². The molecule has 1 aromatic heterocycles. The number of pyridine rings is 1. The summed E-state index contributed by atoms with van der Waals surface area (Å²) in [6.07, 6.45) is -2.86. The van der Waals surface area contributed by atoms with Gasteiger partial charge in [0.25, 0.3) is 5.91 Å². The molecule has 1 unspecified atom stereocenters. The normalized spacial score (nSPS) is 12.7. The monoisotopic (exact) mass is 491 g/mol. The maximum Gasteiger partial charge on any atom is 0.417 e. The standard InChI is InChI=1S/C26H32F3N3O3/c1-7-14-30-20(6)35-19(5)24-17(3)10-9-11-22(24)25(33)32(8-2)18(4)16-34-23-13-12-21(15-31-23)26(27,28)29/h9-13,15,18H,5,7-8,14,16H2,1-4,6H3/b30-20-. The summed E-state index contributed by atoms with van der Waals surface area (Å²) < 4.78 is 49.6. The Morgan fingerprint density at radius 1 is 1.23 bits per heavy atom. The largest absolute Gasteiger partial charge is 0.475 e. The zero-order chi connectivity index (χ0) is 26.2. The van der Waals surface area contributed by atoms with Crippen molar-refractivity contribution in [2.75, 3.05) is 19.7 Å². The van der Waals surface area contributed by atoms with Crippen molar-refractivity contribution in [3.05, 3.63) is 65.4 Å². The summed E-state index contributed by atoms with van der Waals surface area (Å²) in [5.74, 6) is 0.609. The molecular weight excluding hydrogens is 459 g/mol. The van der Waals surface area contributed by atoms with E-state index in [-0.39, 0.29) is 24.4 Å². The van der Waals surface area contributed by atoms with E-state index in [1.54, 1.807) is 30.9 Å². The molecule has 0 aliphatic rings. The van der Waals surface area contributed by atoms with Crippen LogP contribution in [0.2, 0.25) is 0 Å². The van der Waals surface area contributed by atoms with Crippen LogP contribution in [-0.4, -0.2) is 47.4 Å². The number of benzene rings is 1. The van der Waals surface area contributed by atoms with Gasteiger partial charge in [0.1, 0.15) is 12.4 Å². The number of aromatic nitrogens is 1. The van der Waals surface area contributed by atoms with Crippen LogP contribution in [0.15, 0.2) is 48.1 Å². The maximum absolute atomic E-state index is 13.5. The van der Waals surface area contributed by atoms with Gasteiger partial charge < -0.3 is 14.4 Å². The molecule has 0 saturated heterocycles. The van der Waals surface area contributed by atoms with Gasteiger partial charge in [-0.1, -0.05) is 25.6 Å². The molecule has 1 heterocycles. The number of halogens is 3. The van der Waals surface area contributed by atoms with Gasteiger partial charge in [-0.3, -0.25) is 9.79 Å². The minimum atomic E-state index is -4.47. The van der Waals surface area contributed by atoms with Crippen molar-refractivity contribution in [2.24, 2.45) is 4.99 Å². The van der Waals surface area contributed by atoms with E-state index < -0.39 is 11.7 Å². The Hall–Kier alpha value is -3.36. The van der Waals surface area contributed by atoms with Gasteiger partial charge in [-0.05, 0) is 44.9 Å². The van der Waals surface area contributed by atoms with E-state index in [0.717, 1.165) is 30.3 Å². The van der Waals surface area contributed by atoms with Gasteiger partial charge in [-0.25, -0.2) is 4.98 Å². The van der Waals surface area contributed by atoms with Crippen LogP contribution < -0.4 is 4.74 Å². The lowest BCUT2D eigenvalue weighted by atomic mass is 9.99. The van der Waals surface area contributed by atoms with E-state index >= 15 is 0 Å². The Labute approximate surface area is 204 Å². The van der Waals surface area contributed by atoms with Crippen LogP contribution in [0.25, 0.3) is 5.76 Å². The summed E-state index contributed by atoms with van der Waals surface area (Å²) in [7, 11) is 0. The van der Waals surface area contributed by atoms with E-state index in [1.165, 1.54) is 0 Å². The predicted octanol–water partition coefficient (Wildman–Crippen LogP) is 6.15. The fourth-order valence-corrected chi connectivity index (χ4v) is 3.49. The number of likely N-dealkylation sites (N-methyl/N-ethyl adjacent to an activating group) is 1. The smallest absolute Gasteiger partial charge is 0.417 e. The highest BCUT2D eigenvalue weighted by Crippen LogP contribution is 2.29.